The van der Waals surface area contributed by atoms with Gasteiger partial charge in [0.25, 0.3) is 0 Å². The van der Waals surface area contributed by atoms with Gasteiger partial charge in [0.05, 0.1) is 20.3 Å². The van der Waals surface area contributed by atoms with E-state index in [9.17, 15) is 0 Å². The van der Waals surface area contributed by atoms with E-state index < -0.39 is 0 Å². The first-order valence-corrected chi connectivity index (χ1v) is 4.36. The van der Waals surface area contributed by atoms with Crippen molar-refractivity contribution in [3.05, 3.63) is 12.7 Å². The SMILES string of the molecule is C[N+]1(c2ncncn2)CCOCC1.Cl. The predicted molar refractivity (Wildman–Crippen MR) is 55.3 cm³/mol. The molecule has 1 aliphatic heterocycles. The normalized spacial score (nSPS) is 19.8. The second-order valence-corrected chi connectivity index (χ2v) is 3.39. The lowest BCUT2D eigenvalue weighted by Crippen LogP contribution is -2.54. The molecule has 0 bridgehead atoms. The maximum Gasteiger partial charge on any atom is 0.331 e. The molecule has 5 nitrogen and oxygen atoms in total. The van der Waals surface area contributed by atoms with Crippen LogP contribution in [-0.2, 0) is 4.74 Å². The first-order chi connectivity index (χ1) is 6.31. The molecule has 78 valence electrons. The van der Waals surface area contributed by atoms with Crippen LogP contribution in [0.2, 0.25) is 0 Å². The quantitative estimate of drug-likeness (QED) is 0.634. The van der Waals surface area contributed by atoms with Crippen molar-refractivity contribution in [2.24, 2.45) is 0 Å². The number of hydrogen-bond acceptors (Lipinski definition) is 4. The summed E-state index contributed by atoms with van der Waals surface area (Å²) in [4.78, 5) is 12.1. The highest BCUT2D eigenvalue weighted by Crippen LogP contribution is 2.15. The number of aromatic nitrogens is 3. The summed E-state index contributed by atoms with van der Waals surface area (Å²) in [5.74, 6) is 0.832. The molecular weight excluding hydrogens is 204 g/mol. The molecule has 0 atom stereocenters. The number of morpholine rings is 1. The molecule has 14 heavy (non-hydrogen) atoms. The first kappa shape index (κ1) is 11.3. The van der Waals surface area contributed by atoms with Crippen LogP contribution in [0.4, 0.5) is 5.95 Å². The molecule has 1 aliphatic rings. The average molecular weight is 218 g/mol. The molecule has 0 N–H and O–H groups in total. The van der Waals surface area contributed by atoms with Gasteiger partial charge in [-0.3, -0.25) is 4.48 Å². The van der Waals surface area contributed by atoms with Crippen molar-refractivity contribution < 1.29 is 4.74 Å². The zero-order valence-electron chi connectivity index (χ0n) is 8.09. The van der Waals surface area contributed by atoms with Gasteiger partial charge in [0.1, 0.15) is 25.7 Å². The van der Waals surface area contributed by atoms with Crippen LogP contribution >= 0.6 is 12.4 Å². The highest BCUT2D eigenvalue weighted by atomic mass is 35.5. The average Bonchev–Trinajstić information content (AvgIpc) is 2.20. The van der Waals surface area contributed by atoms with Crippen LogP contribution < -0.4 is 4.48 Å². The minimum absolute atomic E-state index is 0. The molecule has 0 spiro atoms. The summed E-state index contributed by atoms with van der Waals surface area (Å²) in [6.07, 6.45) is 3.09. The van der Waals surface area contributed by atoms with Crippen molar-refractivity contribution >= 4 is 18.4 Å². The summed E-state index contributed by atoms with van der Waals surface area (Å²) in [5, 5.41) is 0. The van der Waals surface area contributed by atoms with Crippen molar-refractivity contribution in [1.82, 2.24) is 19.4 Å². The van der Waals surface area contributed by atoms with Crippen LogP contribution in [0.1, 0.15) is 0 Å². The van der Waals surface area contributed by atoms with Gasteiger partial charge in [0.2, 0.25) is 0 Å². The van der Waals surface area contributed by atoms with E-state index >= 15 is 0 Å². The van der Waals surface area contributed by atoms with Crippen molar-refractivity contribution in [3.8, 4) is 0 Å². The van der Waals surface area contributed by atoms with E-state index in [0.29, 0.717) is 0 Å². The van der Waals surface area contributed by atoms with Gasteiger partial charge in [-0.1, -0.05) is 0 Å². The Labute approximate surface area is 89.1 Å². The van der Waals surface area contributed by atoms with Gasteiger partial charge in [0, 0.05) is 0 Å². The third-order valence-corrected chi connectivity index (χ3v) is 2.42. The lowest BCUT2D eigenvalue weighted by atomic mass is 10.4. The Morgan fingerprint density at radius 1 is 1.21 bits per heavy atom. The second kappa shape index (κ2) is 4.63. The van der Waals surface area contributed by atoms with Crippen molar-refractivity contribution in [1.29, 1.82) is 0 Å². The Morgan fingerprint density at radius 2 is 1.79 bits per heavy atom. The number of nitrogens with zero attached hydrogens (tertiary/aromatic N) is 4. The summed E-state index contributed by atoms with van der Waals surface area (Å²) in [7, 11) is 2.12. The van der Waals surface area contributed by atoms with E-state index in [-0.39, 0.29) is 12.4 Å². The van der Waals surface area contributed by atoms with Crippen molar-refractivity contribution in [2.45, 2.75) is 0 Å². The molecule has 2 heterocycles. The molecule has 1 saturated heterocycles. The molecule has 0 amide bonds. The molecule has 0 aliphatic carbocycles. The van der Waals surface area contributed by atoms with Crippen molar-refractivity contribution in [3.63, 3.8) is 0 Å². The van der Waals surface area contributed by atoms with Crippen LogP contribution in [0.25, 0.3) is 0 Å². The number of halogens is 1. The maximum absolute atomic E-state index is 5.30. The summed E-state index contributed by atoms with van der Waals surface area (Å²) < 4.78 is 6.05. The number of rotatable bonds is 1. The summed E-state index contributed by atoms with van der Waals surface area (Å²) in [6, 6.07) is 0. The van der Waals surface area contributed by atoms with Gasteiger partial charge in [-0.2, -0.15) is 9.97 Å². The Morgan fingerprint density at radius 3 is 2.36 bits per heavy atom. The Kier molecular flexibility index (Phi) is 3.74. The molecule has 2 rings (SSSR count). The standard InChI is InChI=1S/C8H13N4O.ClH/c1-12(2-4-13-5-3-12)8-10-6-9-7-11-8;/h6-7H,2-5H2,1H3;1H/q+1;. The van der Waals surface area contributed by atoms with Crippen LogP contribution in [-0.4, -0.2) is 48.3 Å². The molecule has 0 aromatic carbocycles. The fourth-order valence-electron chi connectivity index (χ4n) is 1.46. The topological polar surface area (TPSA) is 47.9 Å². The maximum atomic E-state index is 5.30. The number of likely N-dealkylation sites (N-methyl/N-ethyl adjacent to an activating group) is 1. The Balaban J connectivity index is 0.000000980. The minimum atomic E-state index is 0. The number of ether oxygens (including phenoxy) is 1. The molecule has 1 aromatic heterocycles. The van der Waals surface area contributed by atoms with Crippen molar-refractivity contribution in [2.75, 3.05) is 33.4 Å². The third kappa shape index (κ3) is 2.17. The largest absolute Gasteiger partial charge is 0.370 e. The monoisotopic (exact) mass is 217 g/mol. The van der Waals surface area contributed by atoms with Crippen LogP contribution in [0, 0.1) is 0 Å². The number of quaternary nitrogens is 1. The van der Waals surface area contributed by atoms with E-state index in [2.05, 4.69) is 22.0 Å². The smallest absolute Gasteiger partial charge is 0.331 e. The van der Waals surface area contributed by atoms with E-state index in [1.54, 1.807) is 12.7 Å². The Bertz CT molecular complexity index is 276. The molecule has 0 unspecified atom stereocenters. The van der Waals surface area contributed by atoms with E-state index in [0.717, 1.165) is 36.7 Å². The molecule has 0 radical (unpaired) electrons. The van der Waals surface area contributed by atoms with Gasteiger partial charge >= 0.3 is 5.95 Å². The lowest BCUT2D eigenvalue weighted by molar-refractivity contribution is 0.0495. The van der Waals surface area contributed by atoms with Gasteiger partial charge in [0.15, 0.2) is 0 Å². The lowest BCUT2D eigenvalue weighted by Gasteiger charge is -2.34. The summed E-state index contributed by atoms with van der Waals surface area (Å²) in [5.41, 5.74) is 0. The minimum Gasteiger partial charge on any atom is -0.370 e. The van der Waals surface area contributed by atoms with E-state index in [4.69, 9.17) is 4.74 Å². The predicted octanol–water partition coefficient (Wildman–Crippen LogP) is 0.261. The molecule has 6 heteroatoms. The fourth-order valence-corrected chi connectivity index (χ4v) is 1.46. The van der Waals surface area contributed by atoms with E-state index in [1.165, 1.54) is 0 Å². The number of hydrogen-bond donors (Lipinski definition) is 0. The van der Waals surface area contributed by atoms with Crippen LogP contribution in [0.15, 0.2) is 12.7 Å². The van der Waals surface area contributed by atoms with Gasteiger partial charge < -0.3 is 4.74 Å². The Hall–Kier alpha value is -0.780. The van der Waals surface area contributed by atoms with Gasteiger partial charge in [-0.25, -0.2) is 4.98 Å². The third-order valence-electron chi connectivity index (χ3n) is 2.42. The van der Waals surface area contributed by atoms with Gasteiger partial charge in [-0.05, 0) is 0 Å². The van der Waals surface area contributed by atoms with Crippen LogP contribution in [0.3, 0.4) is 0 Å². The van der Waals surface area contributed by atoms with Gasteiger partial charge in [-0.15, -0.1) is 12.4 Å². The molecule has 1 aromatic rings. The molecular formula is C8H14ClN4O+. The molecule has 1 fully saturated rings. The summed E-state index contributed by atoms with van der Waals surface area (Å²) in [6.45, 7) is 3.43. The zero-order valence-corrected chi connectivity index (χ0v) is 8.90. The second-order valence-electron chi connectivity index (χ2n) is 3.39. The van der Waals surface area contributed by atoms with Crippen LogP contribution in [0.5, 0.6) is 0 Å². The first-order valence-electron chi connectivity index (χ1n) is 4.36. The highest BCUT2D eigenvalue weighted by Gasteiger charge is 2.30. The zero-order chi connectivity index (χ0) is 9.15. The van der Waals surface area contributed by atoms with E-state index in [1.807, 2.05) is 0 Å². The molecule has 0 saturated carbocycles. The highest BCUT2D eigenvalue weighted by molar-refractivity contribution is 5.85. The fraction of sp³-hybridized carbons (Fsp3) is 0.625. The summed E-state index contributed by atoms with van der Waals surface area (Å²) >= 11 is 0.